The first kappa shape index (κ1) is 14.4. The van der Waals surface area contributed by atoms with Crippen LogP contribution in [0.25, 0.3) is 0 Å². The Labute approximate surface area is 94.0 Å². The van der Waals surface area contributed by atoms with Gasteiger partial charge < -0.3 is 10.6 Å². The van der Waals surface area contributed by atoms with Crippen molar-refractivity contribution in [2.24, 2.45) is 0 Å². The second-order valence-corrected chi connectivity index (χ2v) is 3.98. The molecule has 0 fully saturated rings. The summed E-state index contributed by atoms with van der Waals surface area (Å²) < 4.78 is 0. The summed E-state index contributed by atoms with van der Waals surface area (Å²) in [5.41, 5.74) is 0. The van der Waals surface area contributed by atoms with Gasteiger partial charge in [0.15, 0.2) is 0 Å². The maximum atomic E-state index is 11.3. The molecule has 1 atom stereocenters. The van der Waals surface area contributed by atoms with E-state index in [1.165, 1.54) is 19.3 Å². The molecule has 90 valence electrons. The molecule has 0 radical (unpaired) electrons. The molecule has 3 nitrogen and oxygen atoms in total. The van der Waals surface area contributed by atoms with E-state index >= 15 is 0 Å². The third-order valence-corrected chi connectivity index (χ3v) is 2.52. The monoisotopic (exact) mass is 214 g/mol. The maximum absolute atomic E-state index is 11.3. The lowest BCUT2D eigenvalue weighted by molar-refractivity contribution is -0.120. The van der Waals surface area contributed by atoms with Crippen LogP contribution in [-0.4, -0.2) is 25.0 Å². The SMILES string of the molecule is CCCCC(CC)NCC(=O)NCCC. The van der Waals surface area contributed by atoms with Gasteiger partial charge in [0.25, 0.3) is 0 Å². The van der Waals surface area contributed by atoms with Gasteiger partial charge in [-0.25, -0.2) is 0 Å². The molecule has 0 rings (SSSR count). The van der Waals surface area contributed by atoms with Crippen LogP contribution in [0.15, 0.2) is 0 Å². The van der Waals surface area contributed by atoms with E-state index < -0.39 is 0 Å². The lowest BCUT2D eigenvalue weighted by Crippen LogP contribution is -2.39. The van der Waals surface area contributed by atoms with Crippen molar-refractivity contribution in [1.82, 2.24) is 10.6 Å². The summed E-state index contributed by atoms with van der Waals surface area (Å²) in [5.74, 6) is 0.117. The third kappa shape index (κ3) is 8.43. The van der Waals surface area contributed by atoms with Crippen molar-refractivity contribution in [1.29, 1.82) is 0 Å². The molecule has 0 aliphatic carbocycles. The van der Waals surface area contributed by atoms with Crippen LogP contribution in [0.2, 0.25) is 0 Å². The Hall–Kier alpha value is -0.570. The molecule has 1 amide bonds. The Morgan fingerprint density at radius 1 is 1.20 bits per heavy atom. The predicted molar refractivity (Wildman–Crippen MR) is 64.9 cm³/mol. The number of hydrogen-bond acceptors (Lipinski definition) is 2. The zero-order valence-electron chi connectivity index (χ0n) is 10.4. The Morgan fingerprint density at radius 2 is 1.93 bits per heavy atom. The number of unbranched alkanes of at least 4 members (excludes halogenated alkanes) is 1. The molecular formula is C12H26N2O. The minimum Gasteiger partial charge on any atom is -0.355 e. The molecule has 2 N–H and O–H groups in total. The summed E-state index contributed by atoms with van der Waals surface area (Å²) in [4.78, 5) is 11.3. The Kier molecular flexibility index (Phi) is 9.59. The Bertz CT molecular complexity index is 160. The summed E-state index contributed by atoms with van der Waals surface area (Å²) >= 11 is 0. The van der Waals surface area contributed by atoms with Crippen LogP contribution in [0.5, 0.6) is 0 Å². The first-order valence-electron chi connectivity index (χ1n) is 6.24. The van der Waals surface area contributed by atoms with Gasteiger partial charge in [-0.3, -0.25) is 4.79 Å². The number of nitrogens with one attached hydrogen (secondary N) is 2. The van der Waals surface area contributed by atoms with Crippen molar-refractivity contribution >= 4 is 5.91 Å². The van der Waals surface area contributed by atoms with Crippen molar-refractivity contribution in [3.63, 3.8) is 0 Å². The van der Waals surface area contributed by atoms with E-state index in [4.69, 9.17) is 0 Å². The minimum atomic E-state index is 0.117. The minimum absolute atomic E-state index is 0.117. The van der Waals surface area contributed by atoms with Gasteiger partial charge in [0.2, 0.25) is 5.91 Å². The normalized spacial score (nSPS) is 12.5. The van der Waals surface area contributed by atoms with Crippen LogP contribution >= 0.6 is 0 Å². The molecule has 0 aromatic rings. The van der Waals surface area contributed by atoms with Crippen molar-refractivity contribution in [3.8, 4) is 0 Å². The van der Waals surface area contributed by atoms with Crippen molar-refractivity contribution in [2.75, 3.05) is 13.1 Å². The highest BCUT2D eigenvalue weighted by Gasteiger charge is 2.06. The van der Waals surface area contributed by atoms with E-state index in [2.05, 4.69) is 31.4 Å². The van der Waals surface area contributed by atoms with Crippen molar-refractivity contribution in [2.45, 2.75) is 58.9 Å². The summed E-state index contributed by atoms with van der Waals surface area (Å²) in [5, 5.41) is 6.17. The topological polar surface area (TPSA) is 41.1 Å². The molecule has 0 saturated heterocycles. The molecule has 0 spiro atoms. The molecule has 15 heavy (non-hydrogen) atoms. The number of amides is 1. The lowest BCUT2D eigenvalue weighted by atomic mass is 10.1. The van der Waals surface area contributed by atoms with Gasteiger partial charge in [0.05, 0.1) is 6.54 Å². The van der Waals surface area contributed by atoms with E-state index in [1.807, 2.05) is 0 Å². The largest absolute Gasteiger partial charge is 0.355 e. The van der Waals surface area contributed by atoms with Gasteiger partial charge in [-0.05, 0) is 19.3 Å². The lowest BCUT2D eigenvalue weighted by Gasteiger charge is -2.16. The van der Waals surface area contributed by atoms with Crippen LogP contribution in [0, 0.1) is 0 Å². The fourth-order valence-electron chi connectivity index (χ4n) is 1.47. The summed E-state index contributed by atoms with van der Waals surface area (Å²) in [6, 6.07) is 0.498. The Balaban J connectivity index is 3.55. The zero-order valence-corrected chi connectivity index (χ0v) is 10.4. The van der Waals surface area contributed by atoms with Gasteiger partial charge in [-0.15, -0.1) is 0 Å². The van der Waals surface area contributed by atoms with Crippen molar-refractivity contribution < 1.29 is 4.79 Å². The fourth-order valence-corrected chi connectivity index (χ4v) is 1.47. The average molecular weight is 214 g/mol. The van der Waals surface area contributed by atoms with Crippen LogP contribution in [-0.2, 0) is 4.79 Å². The number of carbonyl (C=O) groups is 1. The zero-order chi connectivity index (χ0) is 11.5. The molecule has 0 aromatic carbocycles. The number of carbonyl (C=O) groups excluding carboxylic acids is 1. The van der Waals surface area contributed by atoms with E-state index in [-0.39, 0.29) is 5.91 Å². The van der Waals surface area contributed by atoms with Crippen LogP contribution in [0.3, 0.4) is 0 Å². The Morgan fingerprint density at radius 3 is 2.47 bits per heavy atom. The van der Waals surface area contributed by atoms with Crippen molar-refractivity contribution in [3.05, 3.63) is 0 Å². The first-order chi connectivity index (χ1) is 7.24. The van der Waals surface area contributed by atoms with Gasteiger partial charge >= 0.3 is 0 Å². The molecule has 1 unspecified atom stereocenters. The third-order valence-electron chi connectivity index (χ3n) is 2.52. The summed E-state index contributed by atoms with van der Waals surface area (Å²) in [6.45, 7) is 7.66. The highest BCUT2D eigenvalue weighted by Crippen LogP contribution is 2.03. The second kappa shape index (κ2) is 9.97. The fraction of sp³-hybridized carbons (Fsp3) is 0.917. The quantitative estimate of drug-likeness (QED) is 0.617. The summed E-state index contributed by atoms with van der Waals surface area (Å²) in [7, 11) is 0. The van der Waals surface area contributed by atoms with Gasteiger partial charge in [-0.2, -0.15) is 0 Å². The van der Waals surface area contributed by atoms with Gasteiger partial charge in [0.1, 0.15) is 0 Å². The highest BCUT2D eigenvalue weighted by atomic mass is 16.1. The molecule has 0 aromatic heterocycles. The standard InChI is InChI=1S/C12H26N2O/c1-4-7-8-11(6-3)14-10-12(15)13-9-5-2/h11,14H,4-10H2,1-3H3,(H,13,15). The summed E-state index contributed by atoms with van der Waals surface area (Å²) in [6.07, 6.45) is 5.73. The van der Waals surface area contributed by atoms with E-state index in [9.17, 15) is 4.79 Å². The smallest absolute Gasteiger partial charge is 0.233 e. The van der Waals surface area contributed by atoms with Crippen LogP contribution in [0.4, 0.5) is 0 Å². The number of rotatable bonds is 9. The highest BCUT2D eigenvalue weighted by molar-refractivity contribution is 5.77. The average Bonchev–Trinajstić information content (AvgIpc) is 2.26. The van der Waals surface area contributed by atoms with Crippen LogP contribution in [0.1, 0.15) is 52.9 Å². The molecule has 0 bridgehead atoms. The van der Waals surface area contributed by atoms with E-state index in [0.29, 0.717) is 12.6 Å². The second-order valence-electron chi connectivity index (χ2n) is 3.98. The molecule has 0 aliphatic heterocycles. The molecule has 3 heteroatoms. The molecule has 0 heterocycles. The predicted octanol–water partition coefficient (Wildman–Crippen LogP) is 2.07. The maximum Gasteiger partial charge on any atom is 0.233 e. The van der Waals surface area contributed by atoms with Crippen LogP contribution < -0.4 is 10.6 Å². The van der Waals surface area contributed by atoms with Gasteiger partial charge in [0, 0.05) is 12.6 Å². The molecule has 0 aliphatic rings. The number of hydrogen-bond donors (Lipinski definition) is 2. The first-order valence-corrected chi connectivity index (χ1v) is 6.24. The molecular weight excluding hydrogens is 188 g/mol. The molecule has 0 saturated carbocycles. The van der Waals surface area contributed by atoms with E-state index in [0.717, 1.165) is 19.4 Å². The van der Waals surface area contributed by atoms with E-state index in [1.54, 1.807) is 0 Å². The van der Waals surface area contributed by atoms with Gasteiger partial charge in [-0.1, -0.05) is 33.6 Å².